The first-order valence-electron chi connectivity index (χ1n) is 11.2. The van der Waals surface area contributed by atoms with Gasteiger partial charge in [0.25, 0.3) is 0 Å². The topological polar surface area (TPSA) is 61.0 Å². The van der Waals surface area contributed by atoms with Crippen molar-refractivity contribution >= 4 is 0 Å². The first kappa shape index (κ1) is 22.2. The Morgan fingerprint density at radius 2 is 2.00 bits per heavy atom. The highest BCUT2D eigenvalue weighted by Gasteiger charge is 2.31. The van der Waals surface area contributed by atoms with Gasteiger partial charge in [-0.05, 0) is 30.7 Å². The molecule has 2 aromatic carbocycles. The van der Waals surface area contributed by atoms with E-state index in [2.05, 4.69) is 32.7 Å². The first-order chi connectivity index (χ1) is 16.5. The number of imidazole rings is 1. The molecular formula is C25H26F2N6O. The lowest BCUT2D eigenvalue weighted by atomic mass is 9.90. The van der Waals surface area contributed by atoms with Gasteiger partial charge in [-0.25, -0.2) is 18.7 Å². The zero-order chi connectivity index (χ0) is 23.7. The molecule has 1 aliphatic heterocycles. The van der Waals surface area contributed by atoms with Gasteiger partial charge in [-0.15, -0.1) is 0 Å². The Morgan fingerprint density at radius 1 is 1.12 bits per heavy atom. The number of nitrogens with zero attached hydrogens (tertiary/aromatic N) is 6. The quantitative estimate of drug-likeness (QED) is 0.412. The molecule has 7 nitrogen and oxygen atoms in total. The maximum absolute atomic E-state index is 14.8. The summed E-state index contributed by atoms with van der Waals surface area (Å²) in [5.41, 5.74) is 2.36. The van der Waals surface area contributed by atoms with Gasteiger partial charge in [-0.1, -0.05) is 18.2 Å². The van der Waals surface area contributed by atoms with Crippen LogP contribution in [0.1, 0.15) is 24.2 Å². The number of hydrogen-bond donors (Lipinski definition) is 0. The summed E-state index contributed by atoms with van der Waals surface area (Å²) < 4.78 is 37.6. The van der Waals surface area contributed by atoms with E-state index in [1.807, 2.05) is 24.3 Å². The summed E-state index contributed by atoms with van der Waals surface area (Å²) in [6, 6.07) is 11.6. The molecule has 0 amide bonds. The third kappa shape index (κ3) is 4.43. The summed E-state index contributed by atoms with van der Waals surface area (Å²) in [7, 11) is 1.65. The lowest BCUT2D eigenvalue weighted by Crippen LogP contribution is -2.43. The molecule has 2 unspecified atom stereocenters. The number of benzene rings is 2. The van der Waals surface area contributed by atoms with Crippen molar-refractivity contribution in [3.8, 4) is 17.0 Å². The smallest absolute Gasteiger partial charge is 0.137 e. The van der Waals surface area contributed by atoms with E-state index in [4.69, 9.17) is 9.72 Å². The monoisotopic (exact) mass is 464 g/mol. The van der Waals surface area contributed by atoms with Crippen molar-refractivity contribution in [3.05, 3.63) is 84.3 Å². The van der Waals surface area contributed by atoms with Gasteiger partial charge in [0.05, 0.1) is 25.9 Å². The van der Waals surface area contributed by atoms with Crippen molar-refractivity contribution in [3.63, 3.8) is 0 Å². The molecule has 0 saturated carbocycles. The molecule has 3 heterocycles. The predicted molar refractivity (Wildman–Crippen MR) is 123 cm³/mol. The molecule has 0 spiro atoms. The Bertz CT molecular complexity index is 1270. The standard InChI is InChI=1S/C25H26F2N6O/c1-17(22(12-33-16-28-15-29-33)21-7-6-19(26)11-23(21)27)31-8-9-32-13-24(30-25(32)14-31)18-4-3-5-20(10-18)34-2/h3-7,10-11,13,15-17,22H,8-9,12,14H2,1-2H3. The van der Waals surface area contributed by atoms with Gasteiger partial charge in [0.2, 0.25) is 0 Å². The molecule has 2 atom stereocenters. The summed E-state index contributed by atoms with van der Waals surface area (Å²) in [6.07, 6.45) is 5.14. The highest BCUT2D eigenvalue weighted by molar-refractivity contribution is 5.60. The van der Waals surface area contributed by atoms with Crippen molar-refractivity contribution in [2.75, 3.05) is 13.7 Å². The van der Waals surface area contributed by atoms with Crippen molar-refractivity contribution in [1.82, 2.24) is 29.2 Å². The van der Waals surface area contributed by atoms with Crippen molar-refractivity contribution in [1.29, 1.82) is 0 Å². The van der Waals surface area contributed by atoms with Crippen LogP contribution in [0.25, 0.3) is 11.3 Å². The van der Waals surface area contributed by atoms with Crippen molar-refractivity contribution in [2.45, 2.75) is 38.5 Å². The summed E-state index contributed by atoms with van der Waals surface area (Å²) >= 11 is 0. The van der Waals surface area contributed by atoms with Gasteiger partial charge in [-0.2, -0.15) is 5.10 Å². The van der Waals surface area contributed by atoms with Crippen LogP contribution in [0.2, 0.25) is 0 Å². The van der Waals surface area contributed by atoms with Crippen LogP contribution in [-0.2, 0) is 19.6 Å². The number of hydrogen-bond acceptors (Lipinski definition) is 5. The molecule has 4 aromatic rings. The molecule has 0 aliphatic carbocycles. The predicted octanol–water partition coefficient (Wildman–Crippen LogP) is 4.12. The number of halogens is 2. The Morgan fingerprint density at radius 3 is 2.76 bits per heavy atom. The second-order valence-corrected chi connectivity index (χ2v) is 8.57. The molecule has 34 heavy (non-hydrogen) atoms. The number of aromatic nitrogens is 5. The molecule has 9 heteroatoms. The largest absolute Gasteiger partial charge is 0.497 e. The number of rotatable bonds is 7. The molecule has 0 radical (unpaired) electrons. The number of ether oxygens (including phenoxy) is 1. The third-order valence-electron chi connectivity index (χ3n) is 6.57. The van der Waals surface area contributed by atoms with E-state index in [9.17, 15) is 8.78 Å². The summed E-state index contributed by atoms with van der Waals surface area (Å²) in [4.78, 5) is 11.2. The van der Waals surface area contributed by atoms with Gasteiger partial charge in [0, 0.05) is 42.9 Å². The fourth-order valence-electron chi connectivity index (χ4n) is 4.64. The molecule has 2 aromatic heterocycles. The summed E-state index contributed by atoms with van der Waals surface area (Å²) in [5.74, 6) is 0.363. The Hall–Kier alpha value is -3.59. The summed E-state index contributed by atoms with van der Waals surface area (Å²) in [5, 5.41) is 4.21. The van der Waals surface area contributed by atoms with E-state index in [0.717, 1.165) is 42.0 Å². The first-order valence-corrected chi connectivity index (χ1v) is 11.2. The highest BCUT2D eigenvalue weighted by Crippen LogP contribution is 2.31. The highest BCUT2D eigenvalue weighted by atomic mass is 19.1. The van der Waals surface area contributed by atoms with Crippen LogP contribution in [0.4, 0.5) is 8.78 Å². The van der Waals surface area contributed by atoms with Gasteiger partial charge < -0.3 is 9.30 Å². The van der Waals surface area contributed by atoms with Crippen molar-refractivity contribution in [2.24, 2.45) is 0 Å². The van der Waals surface area contributed by atoms with Crippen molar-refractivity contribution < 1.29 is 13.5 Å². The fraction of sp³-hybridized carbons (Fsp3) is 0.320. The van der Waals surface area contributed by atoms with Gasteiger partial charge in [0.15, 0.2) is 0 Å². The van der Waals surface area contributed by atoms with Crippen LogP contribution < -0.4 is 4.74 Å². The van der Waals surface area contributed by atoms with Crippen LogP contribution >= 0.6 is 0 Å². The second kappa shape index (κ2) is 9.34. The lowest BCUT2D eigenvalue weighted by molar-refractivity contribution is 0.134. The molecule has 0 fully saturated rings. The summed E-state index contributed by atoms with van der Waals surface area (Å²) in [6.45, 7) is 4.70. The average Bonchev–Trinajstić information content (AvgIpc) is 3.52. The average molecular weight is 465 g/mol. The second-order valence-electron chi connectivity index (χ2n) is 8.57. The molecule has 5 rings (SSSR count). The lowest BCUT2D eigenvalue weighted by Gasteiger charge is -2.37. The zero-order valence-electron chi connectivity index (χ0n) is 19.1. The van der Waals surface area contributed by atoms with Gasteiger partial charge >= 0.3 is 0 Å². The van der Waals surface area contributed by atoms with E-state index < -0.39 is 11.6 Å². The molecule has 0 N–H and O–H groups in total. The molecule has 1 aliphatic rings. The molecule has 176 valence electrons. The van der Waals surface area contributed by atoms with Crippen LogP contribution in [0.3, 0.4) is 0 Å². The molecule has 0 bridgehead atoms. The maximum atomic E-state index is 14.8. The molecular weight excluding hydrogens is 438 g/mol. The Labute approximate surface area is 196 Å². The van der Waals surface area contributed by atoms with Crippen LogP contribution in [-0.4, -0.2) is 48.9 Å². The Balaban J connectivity index is 1.41. The zero-order valence-corrected chi connectivity index (χ0v) is 19.1. The van der Waals surface area contributed by atoms with E-state index >= 15 is 0 Å². The van der Waals surface area contributed by atoms with E-state index in [0.29, 0.717) is 18.7 Å². The van der Waals surface area contributed by atoms with E-state index in [1.54, 1.807) is 18.1 Å². The SMILES string of the molecule is COc1cccc(-c2cn3c(n2)CN(C(C)C(Cn2cncn2)c2ccc(F)cc2F)CC3)c1. The Kier molecular flexibility index (Phi) is 6.10. The molecule has 0 saturated heterocycles. The van der Waals surface area contributed by atoms with Crippen LogP contribution in [0.5, 0.6) is 5.75 Å². The van der Waals surface area contributed by atoms with E-state index in [-0.39, 0.29) is 12.0 Å². The van der Waals surface area contributed by atoms with Crippen LogP contribution in [0.15, 0.2) is 61.3 Å². The minimum atomic E-state index is -0.585. The normalized spacial score (nSPS) is 15.6. The van der Waals surface area contributed by atoms with Gasteiger partial charge in [0.1, 0.15) is 35.9 Å². The minimum absolute atomic E-state index is 0.0464. The van der Waals surface area contributed by atoms with E-state index in [1.165, 1.54) is 18.5 Å². The number of methoxy groups -OCH3 is 1. The fourth-order valence-corrected chi connectivity index (χ4v) is 4.64. The van der Waals surface area contributed by atoms with Crippen LogP contribution in [0, 0.1) is 11.6 Å². The minimum Gasteiger partial charge on any atom is -0.497 e. The third-order valence-corrected chi connectivity index (χ3v) is 6.57. The number of fused-ring (bicyclic) bond motifs is 1. The maximum Gasteiger partial charge on any atom is 0.137 e. The van der Waals surface area contributed by atoms with Gasteiger partial charge in [-0.3, -0.25) is 9.58 Å².